The average molecular weight is 710 g/mol. The molecule has 14 heteroatoms. The molecule has 0 spiro atoms. The van der Waals surface area contributed by atoms with Crippen molar-refractivity contribution in [2.24, 2.45) is 0 Å². The second-order valence-corrected chi connectivity index (χ2v) is 13.9. The third kappa shape index (κ3) is 6.08. The van der Waals surface area contributed by atoms with Crippen molar-refractivity contribution in [3.8, 4) is 35.4 Å². The lowest BCUT2D eigenvalue weighted by Crippen LogP contribution is -2.48. The Morgan fingerprint density at radius 1 is 1.06 bits per heavy atom. The Kier molecular flexibility index (Phi) is 8.63. The molecule has 0 bridgehead atoms. The Bertz CT molecular complexity index is 2050. The average Bonchev–Trinajstić information content (AvgIpc) is 3.51. The van der Waals surface area contributed by atoms with E-state index >= 15 is 4.39 Å². The number of hydrogen-bond donors (Lipinski definition) is 1. The predicted octanol–water partition coefficient (Wildman–Crippen LogP) is 6.31. The summed E-state index contributed by atoms with van der Waals surface area (Å²) in [5.41, 5.74) is -0.0101. The number of phenolic OH excluding ortho intramolecular Hbond substituents is 1. The number of ether oxygens (including phenoxy) is 3. The number of fused-ring (bicyclic) bond motifs is 4. The molecule has 0 aliphatic carbocycles. The molecule has 51 heavy (non-hydrogen) atoms. The first-order valence-electron chi connectivity index (χ1n) is 17.3. The highest BCUT2D eigenvalue weighted by Gasteiger charge is 2.50. The van der Waals surface area contributed by atoms with Crippen LogP contribution in [0.4, 0.5) is 27.8 Å². The zero-order valence-corrected chi connectivity index (χ0v) is 27.7. The van der Waals surface area contributed by atoms with Gasteiger partial charge < -0.3 is 24.2 Å². The summed E-state index contributed by atoms with van der Waals surface area (Å²) in [6.07, 6.45) is 6.14. The number of nitrogens with zero attached hydrogens (tertiary/aromatic N) is 5. The van der Waals surface area contributed by atoms with Crippen LogP contribution in [0.2, 0.25) is 0 Å². The van der Waals surface area contributed by atoms with Crippen molar-refractivity contribution in [3.05, 3.63) is 47.2 Å². The predicted molar refractivity (Wildman–Crippen MR) is 179 cm³/mol. The molecule has 3 atom stereocenters. The Hall–Kier alpha value is -4.32. The molecule has 4 aromatic rings. The molecular weight excluding hydrogens is 673 g/mol. The highest BCUT2D eigenvalue weighted by Crippen LogP contribution is 2.45. The highest BCUT2D eigenvalue weighted by molar-refractivity contribution is 6.03. The topological polar surface area (TPSA) is 93.1 Å². The number of benzene rings is 2. The second kappa shape index (κ2) is 13.0. The van der Waals surface area contributed by atoms with Gasteiger partial charge in [0.2, 0.25) is 0 Å². The molecule has 2 aromatic heterocycles. The fourth-order valence-corrected chi connectivity index (χ4v) is 8.54. The van der Waals surface area contributed by atoms with Crippen LogP contribution >= 0.6 is 0 Å². The number of alkyl halides is 3. The smallest absolute Gasteiger partial charge is 0.411 e. The number of aromatic hydroxyl groups is 1. The van der Waals surface area contributed by atoms with Crippen LogP contribution in [0.3, 0.4) is 0 Å². The fraction of sp³-hybridized carbons (Fsp3) is 0.486. The number of terminal acetylenes is 1. The van der Waals surface area contributed by atoms with Crippen LogP contribution in [0.1, 0.15) is 49.8 Å². The molecule has 0 amide bonds. The van der Waals surface area contributed by atoms with E-state index in [4.69, 9.17) is 30.6 Å². The van der Waals surface area contributed by atoms with E-state index in [-0.39, 0.29) is 64.8 Å². The standard InChI is InChI=1S/C37H36F5N5O4/c1-2-25-27(38)7-5-21-15-24(48)16-26(29(21)25)32-31(39)33-30-28(43-32)8-6-22-17-49-14-4-12-46(22)34(30)45-35(44-33)51-19-36-10-3-13-47(36)23(9-11-36)18-50-20-37(40,41)42/h1,5,7,15-16,22-23,48H,3-4,6,8-14,17-20H2/t22?,23-,36?/m0/s1. The minimum absolute atomic E-state index is 0.0263. The Morgan fingerprint density at radius 3 is 2.75 bits per heavy atom. The first-order chi connectivity index (χ1) is 24.5. The van der Waals surface area contributed by atoms with E-state index in [9.17, 15) is 22.7 Å². The molecular formula is C37H36F5N5O4. The Labute approximate surface area is 290 Å². The van der Waals surface area contributed by atoms with Crippen LogP contribution in [0.5, 0.6) is 11.8 Å². The number of pyridine rings is 1. The van der Waals surface area contributed by atoms with Gasteiger partial charge in [-0.1, -0.05) is 12.0 Å². The van der Waals surface area contributed by atoms with E-state index < -0.39 is 30.0 Å². The van der Waals surface area contributed by atoms with Crippen LogP contribution in [-0.4, -0.2) is 94.9 Å². The van der Waals surface area contributed by atoms with Crippen molar-refractivity contribution in [1.82, 2.24) is 19.9 Å². The van der Waals surface area contributed by atoms with Crippen molar-refractivity contribution in [2.75, 3.05) is 51.0 Å². The fourth-order valence-electron chi connectivity index (χ4n) is 8.54. The van der Waals surface area contributed by atoms with Gasteiger partial charge >= 0.3 is 12.2 Å². The molecule has 8 rings (SSSR count). The molecule has 0 saturated carbocycles. The van der Waals surface area contributed by atoms with Gasteiger partial charge in [-0.15, -0.1) is 6.42 Å². The van der Waals surface area contributed by atoms with E-state index in [1.54, 1.807) is 0 Å². The van der Waals surface area contributed by atoms with Gasteiger partial charge in [-0.2, -0.15) is 23.1 Å². The van der Waals surface area contributed by atoms with Gasteiger partial charge in [0.25, 0.3) is 0 Å². The SMILES string of the molecule is C#Cc1c(F)ccc2cc(O)cc(-c3nc4c5c(nc(OCC67CCCN6[C@H](COCC(F)(F)F)CC7)nc5c3F)N3CCCOCC3CC4)c12. The van der Waals surface area contributed by atoms with Crippen molar-refractivity contribution >= 4 is 27.5 Å². The number of anilines is 1. The van der Waals surface area contributed by atoms with Gasteiger partial charge in [0.15, 0.2) is 5.82 Å². The number of rotatable bonds is 7. The summed E-state index contributed by atoms with van der Waals surface area (Å²) in [6.45, 7) is 1.17. The quantitative estimate of drug-likeness (QED) is 0.175. The summed E-state index contributed by atoms with van der Waals surface area (Å²) >= 11 is 0. The van der Waals surface area contributed by atoms with Crippen LogP contribution in [0, 0.1) is 24.0 Å². The van der Waals surface area contributed by atoms with Gasteiger partial charge in [-0.05, 0) is 75.1 Å². The lowest BCUT2D eigenvalue weighted by molar-refractivity contribution is -0.177. The molecule has 3 fully saturated rings. The minimum Gasteiger partial charge on any atom is -0.508 e. The van der Waals surface area contributed by atoms with Crippen LogP contribution in [-0.2, 0) is 15.9 Å². The minimum atomic E-state index is -4.40. The van der Waals surface area contributed by atoms with Crippen LogP contribution in [0.15, 0.2) is 24.3 Å². The van der Waals surface area contributed by atoms with E-state index in [1.807, 2.05) is 0 Å². The maximum absolute atomic E-state index is 17.1. The van der Waals surface area contributed by atoms with Crippen molar-refractivity contribution in [3.63, 3.8) is 0 Å². The third-order valence-electron chi connectivity index (χ3n) is 10.8. The van der Waals surface area contributed by atoms with E-state index in [2.05, 4.69) is 20.7 Å². The monoisotopic (exact) mass is 709 g/mol. The summed E-state index contributed by atoms with van der Waals surface area (Å²) in [7, 11) is 0. The van der Waals surface area contributed by atoms with Gasteiger partial charge in [-0.25, -0.2) is 13.8 Å². The van der Waals surface area contributed by atoms with Gasteiger partial charge in [0.05, 0.1) is 41.4 Å². The van der Waals surface area contributed by atoms with E-state index in [0.717, 1.165) is 19.3 Å². The molecule has 2 aromatic carbocycles. The number of phenols is 1. The first kappa shape index (κ1) is 33.8. The number of aromatic nitrogens is 3. The summed E-state index contributed by atoms with van der Waals surface area (Å²) in [5.74, 6) is 1.23. The first-order valence-corrected chi connectivity index (χ1v) is 17.3. The molecule has 0 radical (unpaired) electrons. The molecule has 2 unspecified atom stereocenters. The molecule has 3 saturated heterocycles. The number of aryl methyl sites for hydroxylation is 1. The molecule has 9 nitrogen and oxygen atoms in total. The Morgan fingerprint density at radius 2 is 1.92 bits per heavy atom. The normalized spacial score (nSPS) is 23.6. The molecule has 1 N–H and O–H groups in total. The van der Waals surface area contributed by atoms with E-state index in [0.29, 0.717) is 74.3 Å². The van der Waals surface area contributed by atoms with Crippen LogP contribution in [0.25, 0.3) is 32.9 Å². The van der Waals surface area contributed by atoms with E-state index in [1.165, 1.54) is 24.3 Å². The van der Waals surface area contributed by atoms with Crippen molar-refractivity contribution < 1.29 is 41.3 Å². The summed E-state index contributed by atoms with van der Waals surface area (Å²) in [5, 5.41) is 11.8. The van der Waals surface area contributed by atoms with Crippen molar-refractivity contribution in [2.45, 2.75) is 68.7 Å². The maximum Gasteiger partial charge on any atom is 0.411 e. The molecule has 6 heterocycles. The summed E-state index contributed by atoms with van der Waals surface area (Å²) in [6, 6.07) is 5.14. The van der Waals surface area contributed by atoms with Crippen molar-refractivity contribution in [1.29, 1.82) is 0 Å². The molecule has 268 valence electrons. The summed E-state index contributed by atoms with van der Waals surface area (Å²) in [4.78, 5) is 18.6. The second-order valence-electron chi connectivity index (χ2n) is 13.9. The molecule has 4 aliphatic heterocycles. The lowest BCUT2D eigenvalue weighted by atomic mass is 9.95. The van der Waals surface area contributed by atoms with Gasteiger partial charge in [0, 0.05) is 30.1 Å². The third-order valence-corrected chi connectivity index (χ3v) is 10.8. The zero-order valence-electron chi connectivity index (χ0n) is 27.7. The number of halogens is 5. The Balaban J connectivity index is 1.22. The number of hydrogen-bond acceptors (Lipinski definition) is 9. The largest absolute Gasteiger partial charge is 0.508 e. The van der Waals surface area contributed by atoms with Crippen LogP contribution < -0.4 is 9.64 Å². The van der Waals surface area contributed by atoms with Gasteiger partial charge in [0.1, 0.15) is 41.8 Å². The van der Waals surface area contributed by atoms with Gasteiger partial charge in [-0.3, -0.25) is 4.90 Å². The summed E-state index contributed by atoms with van der Waals surface area (Å²) < 4.78 is 87.7. The lowest BCUT2D eigenvalue weighted by Gasteiger charge is -2.34. The highest BCUT2D eigenvalue weighted by atomic mass is 19.4. The maximum atomic E-state index is 17.1. The zero-order chi connectivity index (χ0) is 35.5. The molecule has 4 aliphatic rings.